The maximum Gasteiger partial charge on any atom is 0.295 e. The zero-order valence-electron chi connectivity index (χ0n) is 17.7. The summed E-state index contributed by atoms with van der Waals surface area (Å²) in [5, 5.41) is 11.0. The first-order valence-electron chi connectivity index (χ1n) is 9.46. The number of benzene rings is 1. The standard InChI is InChI=1S/C22H24N2O7/c1-28-10-9-24-18(14-11-15(29-2)21(31-4)16(12-14)30-3)17(20(26)22(24)27)19(25)13-5-7-23-8-6-13/h5-8,11-12,18,25H,9-10H2,1-4H3/b19-17+. The van der Waals surface area contributed by atoms with Crippen LogP contribution in [0.5, 0.6) is 17.2 Å². The number of methoxy groups -OCH3 is 4. The van der Waals surface area contributed by atoms with E-state index in [1.807, 2.05) is 0 Å². The van der Waals surface area contributed by atoms with E-state index in [-0.39, 0.29) is 24.5 Å². The number of amides is 1. The van der Waals surface area contributed by atoms with Crippen LogP contribution >= 0.6 is 0 Å². The molecule has 1 N–H and O–H groups in total. The van der Waals surface area contributed by atoms with Crippen LogP contribution in [0.2, 0.25) is 0 Å². The van der Waals surface area contributed by atoms with Crippen LogP contribution in [0, 0.1) is 0 Å². The highest BCUT2D eigenvalue weighted by Gasteiger charge is 2.46. The Hall–Kier alpha value is -3.59. The van der Waals surface area contributed by atoms with Crippen molar-refractivity contribution >= 4 is 17.4 Å². The van der Waals surface area contributed by atoms with E-state index < -0.39 is 17.7 Å². The van der Waals surface area contributed by atoms with Gasteiger partial charge >= 0.3 is 0 Å². The number of aliphatic hydroxyl groups excluding tert-OH is 1. The second-order valence-corrected chi connectivity index (χ2v) is 6.68. The summed E-state index contributed by atoms with van der Waals surface area (Å²) >= 11 is 0. The molecule has 0 bridgehead atoms. The van der Waals surface area contributed by atoms with Crippen molar-refractivity contribution in [1.82, 2.24) is 9.88 Å². The van der Waals surface area contributed by atoms with E-state index in [1.165, 1.54) is 45.7 Å². The van der Waals surface area contributed by atoms with Gasteiger partial charge in [0.05, 0.1) is 39.6 Å². The molecule has 9 heteroatoms. The second kappa shape index (κ2) is 9.48. The minimum absolute atomic E-state index is 0.0402. The lowest BCUT2D eigenvalue weighted by atomic mass is 9.95. The van der Waals surface area contributed by atoms with Crippen molar-refractivity contribution < 1.29 is 33.6 Å². The molecule has 3 rings (SSSR count). The quantitative estimate of drug-likeness (QED) is 0.387. The van der Waals surface area contributed by atoms with Crippen molar-refractivity contribution in [3.63, 3.8) is 0 Å². The predicted octanol–water partition coefficient (Wildman–Crippen LogP) is 2.18. The van der Waals surface area contributed by atoms with Crippen molar-refractivity contribution in [2.45, 2.75) is 6.04 Å². The van der Waals surface area contributed by atoms with Crippen LogP contribution in [-0.2, 0) is 14.3 Å². The minimum Gasteiger partial charge on any atom is -0.507 e. The molecular formula is C22H24N2O7. The van der Waals surface area contributed by atoms with Gasteiger partial charge in [0.25, 0.3) is 11.7 Å². The predicted molar refractivity (Wildman–Crippen MR) is 111 cm³/mol. The number of ether oxygens (including phenoxy) is 4. The number of Topliss-reactive ketones (excluding diaryl/α,β-unsaturated/α-hetero) is 1. The van der Waals surface area contributed by atoms with E-state index in [0.717, 1.165) is 0 Å². The number of rotatable bonds is 8. The van der Waals surface area contributed by atoms with E-state index in [0.29, 0.717) is 28.4 Å². The van der Waals surface area contributed by atoms with Crippen LogP contribution in [0.3, 0.4) is 0 Å². The average molecular weight is 428 g/mol. The molecule has 2 heterocycles. The number of carbonyl (C=O) groups is 2. The molecule has 1 amide bonds. The van der Waals surface area contributed by atoms with E-state index in [2.05, 4.69) is 4.98 Å². The van der Waals surface area contributed by atoms with E-state index in [4.69, 9.17) is 18.9 Å². The molecule has 164 valence electrons. The molecule has 2 aromatic rings. The SMILES string of the molecule is COCCN1C(=O)C(=O)/C(=C(/O)c2ccncc2)C1c1cc(OC)c(OC)c(OC)c1. The minimum atomic E-state index is -0.878. The van der Waals surface area contributed by atoms with Crippen LogP contribution < -0.4 is 14.2 Å². The van der Waals surface area contributed by atoms with Crippen molar-refractivity contribution in [2.24, 2.45) is 0 Å². The van der Waals surface area contributed by atoms with Gasteiger partial charge in [-0.2, -0.15) is 0 Å². The molecule has 1 saturated heterocycles. The van der Waals surface area contributed by atoms with Gasteiger partial charge in [0.2, 0.25) is 5.75 Å². The van der Waals surface area contributed by atoms with Gasteiger partial charge in [0.15, 0.2) is 11.5 Å². The fourth-order valence-corrected chi connectivity index (χ4v) is 3.57. The third-order valence-electron chi connectivity index (χ3n) is 5.03. The number of likely N-dealkylation sites (tertiary alicyclic amines) is 1. The molecule has 1 aromatic heterocycles. The number of hydrogen-bond donors (Lipinski definition) is 1. The number of ketones is 1. The topological polar surface area (TPSA) is 107 Å². The van der Waals surface area contributed by atoms with Crippen molar-refractivity contribution in [2.75, 3.05) is 41.6 Å². The summed E-state index contributed by atoms with van der Waals surface area (Å²) in [6.07, 6.45) is 2.98. The highest BCUT2D eigenvalue weighted by molar-refractivity contribution is 6.46. The number of aliphatic hydroxyl groups is 1. The molecule has 1 unspecified atom stereocenters. The number of nitrogens with zero attached hydrogens (tertiary/aromatic N) is 2. The van der Waals surface area contributed by atoms with Gasteiger partial charge in [-0.05, 0) is 29.8 Å². The molecular weight excluding hydrogens is 404 g/mol. The maximum atomic E-state index is 13.0. The van der Waals surface area contributed by atoms with E-state index in [9.17, 15) is 14.7 Å². The molecule has 1 aliphatic rings. The number of aromatic nitrogens is 1. The first kappa shape index (κ1) is 22.1. The highest BCUT2D eigenvalue weighted by Crippen LogP contribution is 2.45. The van der Waals surface area contributed by atoms with Crippen molar-refractivity contribution in [3.05, 3.63) is 53.4 Å². The lowest BCUT2D eigenvalue weighted by Crippen LogP contribution is -2.32. The second-order valence-electron chi connectivity index (χ2n) is 6.68. The van der Waals surface area contributed by atoms with Gasteiger partial charge in [0.1, 0.15) is 5.76 Å². The van der Waals surface area contributed by atoms with Crippen molar-refractivity contribution in [1.29, 1.82) is 0 Å². The molecule has 0 spiro atoms. The molecule has 1 atom stereocenters. The fraction of sp³-hybridized carbons (Fsp3) is 0.318. The summed E-state index contributed by atoms with van der Waals surface area (Å²) < 4.78 is 21.3. The first-order chi connectivity index (χ1) is 15.0. The molecule has 0 radical (unpaired) electrons. The van der Waals surface area contributed by atoms with E-state index in [1.54, 1.807) is 24.3 Å². The Bertz CT molecular complexity index is 979. The van der Waals surface area contributed by atoms with Gasteiger partial charge in [-0.3, -0.25) is 14.6 Å². The smallest absolute Gasteiger partial charge is 0.295 e. The molecule has 9 nitrogen and oxygen atoms in total. The summed E-state index contributed by atoms with van der Waals surface area (Å²) in [6.45, 7) is 0.360. The van der Waals surface area contributed by atoms with Gasteiger partial charge in [-0.15, -0.1) is 0 Å². The van der Waals surface area contributed by atoms with Crippen LogP contribution in [0.15, 0.2) is 42.2 Å². The normalized spacial score (nSPS) is 17.7. The molecule has 1 fully saturated rings. The fourth-order valence-electron chi connectivity index (χ4n) is 3.57. The van der Waals surface area contributed by atoms with Gasteiger partial charge in [0, 0.05) is 31.6 Å². The summed E-state index contributed by atoms with van der Waals surface area (Å²) in [6, 6.07) is 5.54. The zero-order chi connectivity index (χ0) is 22.5. The van der Waals surface area contributed by atoms with Crippen LogP contribution in [0.25, 0.3) is 5.76 Å². The van der Waals surface area contributed by atoms with Crippen molar-refractivity contribution in [3.8, 4) is 17.2 Å². The number of pyridine rings is 1. The average Bonchev–Trinajstić information content (AvgIpc) is 3.06. The summed E-state index contributed by atoms with van der Waals surface area (Å²) in [5.74, 6) is -0.720. The summed E-state index contributed by atoms with van der Waals surface area (Å²) in [4.78, 5) is 31.1. The Kier molecular flexibility index (Phi) is 6.76. The lowest BCUT2D eigenvalue weighted by Gasteiger charge is -2.26. The molecule has 1 aliphatic heterocycles. The molecule has 1 aromatic carbocycles. The molecule has 31 heavy (non-hydrogen) atoms. The van der Waals surface area contributed by atoms with Crippen LogP contribution in [0.1, 0.15) is 17.2 Å². The number of carbonyl (C=O) groups excluding carboxylic acids is 2. The lowest BCUT2D eigenvalue weighted by molar-refractivity contribution is -0.140. The Balaban J connectivity index is 2.25. The third kappa shape index (κ3) is 4.04. The van der Waals surface area contributed by atoms with Crippen LogP contribution in [-0.4, -0.2) is 68.3 Å². The summed E-state index contributed by atoms with van der Waals surface area (Å²) in [5.41, 5.74) is 0.846. The Morgan fingerprint density at radius 3 is 2.16 bits per heavy atom. The molecule has 0 saturated carbocycles. The largest absolute Gasteiger partial charge is 0.507 e. The Morgan fingerprint density at radius 1 is 1.03 bits per heavy atom. The molecule has 0 aliphatic carbocycles. The van der Waals surface area contributed by atoms with Gasteiger partial charge in [-0.25, -0.2) is 0 Å². The van der Waals surface area contributed by atoms with Gasteiger partial charge in [-0.1, -0.05) is 0 Å². The Labute approximate surface area is 179 Å². The monoisotopic (exact) mass is 428 g/mol. The van der Waals surface area contributed by atoms with Gasteiger partial charge < -0.3 is 29.0 Å². The zero-order valence-corrected chi connectivity index (χ0v) is 17.7. The number of hydrogen-bond acceptors (Lipinski definition) is 8. The Morgan fingerprint density at radius 2 is 1.65 bits per heavy atom. The third-order valence-corrected chi connectivity index (χ3v) is 5.03. The van der Waals surface area contributed by atoms with E-state index >= 15 is 0 Å². The first-order valence-corrected chi connectivity index (χ1v) is 9.46. The summed E-state index contributed by atoms with van der Waals surface area (Å²) in [7, 11) is 5.93. The highest BCUT2D eigenvalue weighted by atomic mass is 16.5. The van der Waals surface area contributed by atoms with Crippen LogP contribution in [0.4, 0.5) is 0 Å². The maximum absolute atomic E-state index is 13.0.